The van der Waals surface area contributed by atoms with E-state index in [4.69, 9.17) is 0 Å². The monoisotopic (exact) mass is 473 g/mol. The maximum atomic E-state index is 12.7. The van der Waals surface area contributed by atoms with Crippen molar-refractivity contribution in [3.05, 3.63) is 40.3 Å². The Labute approximate surface area is 194 Å². The molecule has 0 bridgehead atoms. The number of Topliss-reactive ketones (excluding diaryl/α,β-unsaturated/α-hetero) is 1. The summed E-state index contributed by atoms with van der Waals surface area (Å²) >= 11 is 1.39. The van der Waals surface area contributed by atoms with Gasteiger partial charge in [-0.3, -0.25) is 9.59 Å². The standard InChI is InChI=1S/C23H26N2O7S/c1-9-15-16(10(2)26)19(27)17(15)18(23(31)32)20(9)33-13-7-14(24-8-13)21(28)25-12-5-3-4-11(6-12)22(29)30/h3-6,9-10,13-17,24,26H,7-8H2,1-2H3,(H,25,28)(H,29,30)(H,31,32)/p-1/t9-,10-,13+,14+,15-,16-,17?/m1/s1. The number of fused-ring (bicyclic) bond motifs is 1. The van der Waals surface area contributed by atoms with Crippen LogP contribution in [0.1, 0.15) is 30.6 Å². The molecule has 7 atom stereocenters. The van der Waals surface area contributed by atoms with Gasteiger partial charge < -0.3 is 30.7 Å². The first-order valence-electron chi connectivity index (χ1n) is 10.8. The molecule has 1 aromatic carbocycles. The van der Waals surface area contributed by atoms with E-state index in [0.29, 0.717) is 23.6 Å². The second-order valence-corrected chi connectivity index (χ2v) is 10.2. The summed E-state index contributed by atoms with van der Waals surface area (Å²) in [5, 5.41) is 36.5. The molecule has 176 valence electrons. The number of benzene rings is 1. The van der Waals surface area contributed by atoms with E-state index in [1.54, 1.807) is 13.0 Å². The molecule has 9 nitrogen and oxygen atoms in total. The van der Waals surface area contributed by atoms with E-state index in [9.17, 15) is 34.5 Å². The third-order valence-electron chi connectivity index (χ3n) is 6.82. The number of hydrogen-bond acceptors (Lipinski definition) is 8. The molecule has 1 aliphatic heterocycles. The van der Waals surface area contributed by atoms with Crippen LogP contribution in [0.15, 0.2) is 34.7 Å². The van der Waals surface area contributed by atoms with Crippen LogP contribution >= 0.6 is 11.8 Å². The number of carboxylic acids is 2. The van der Waals surface area contributed by atoms with E-state index < -0.39 is 35.9 Å². The molecule has 1 saturated heterocycles. The van der Waals surface area contributed by atoms with Crippen LogP contribution in [0.3, 0.4) is 0 Å². The van der Waals surface area contributed by atoms with Crippen molar-refractivity contribution < 1.29 is 34.5 Å². The van der Waals surface area contributed by atoms with Gasteiger partial charge in [-0.15, -0.1) is 11.8 Å². The van der Waals surface area contributed by atoms with E-state index >= 15 is 0 Å². The number of amides is 1. The van der Waals surface area contributed by atoms with Crippen LogP contribution in [0, 0.1) is 23.7 Å². The molecule has 1 aromatic rings. The fourth-order valence-corrected chi connectivity index (χ4v) is 6.82. The first-order chi connectivity index (χ1) is 15.6. The van der Waals surface area contributed by atoms with Crippen molar-refractivity contribution in [2.45, 2.75) is 37.7 Å². The predicted molar refractivity (Wildman–Crippen MR) is 118 cm³/mol. The number of aliphatic carboxylic acids is 1. The molecule has 1 heterocycles. The molecule has 3 aliphatic rings. The summed E-state index contributed by atoms with van der Waals surface area (Å²) in [6.07, 6.45) is -0.375. The fraction of sp³-hybridized carbons (Fsp3) is 0.478. The number of carbonyl (C=O) groups is 4. The smallest absolute Gasteiger partial charge is 0.333 e. The quantitative estimate of drug-likeness (QED) is 0.436. The zero-order valence-corrected chi connectivity index (χ0v) is 18.9. The van der Waals surface area contributed by atoms with Crippen molar-refractivity contribution in [2.75, 3.05) is 11.9 Å². The van der Waals surface area contributed by atoms with Gasteiger partial charge in [0.2, 0.25) is 5.91 Å². The third kappa shape index (κ3) is 4.18. The van der Waals surface area contributed by atoms with Crippen molar-refractivity contribution in [3.8, 4) is 0 Å². The van der Waals surface area contributed by atoms with Gasteiger partial charge in [-0.05, 0) is 47.8 Å². The number of nitrogens with one attached hydrogen (secondary N) is 2. The summed E-state index contributed by atoms with van der Waals surface area (Å²) in [5.74, 6) is -4.57. The molecule has 1 unspecified atom stereocenters. The second-order valence-electron chi connectivity index (χ2n) is 8.89. The molecule has 4 rings (SSSR count). The lowest BCUT2D eigenvalue weighted by Crippen LogP contribution is -2.53. The Balaban J connectivity index is 1.43. The van der Waals surface area contributed by atoms with Gasteiger partial charge in [0, 0.05) is 23.4 Å². The van der Waals surface area contributed by atoms with E-state index in [-0.39, 0.29) is 39.9 Å². The largest absolute Gasteiger partial charge is 0.545 e. The highest BCUT2D eigenvalue weighted by Crippen LogP contribution is 2.58. The van der Waals surface area contributed by atoms with Gasteiger partial charge in [0.1, 0.15) is 5.78 Å². The van der Waals surface area contributed by atoms with Crippen LogP contribution in [0.4, 0.5) is 5.69 Å². The minimum Gasteiger partial charge on any atom is -0.545 e. The van der Waals surface area contributed by atoms with Crippen LogP contribution in [-0.2, 0) is 14.4 Å². The summed E-state index contributed by atoms with van der Waals surface area (Å²) in [4.78, 5) is 48.9. The molecule has 0 aromatic heterocycles. The number of hydrogen-bond donors (Lipinski definition) is 4. The molecule has 2 aliphatic carbocycles. The highest BCUT2D eigenvalue weighted by atomic mass is 32.2. The first-order valence-corrected chi connectivity index (χ1v) is 11.7. The number of carboxylic acid groups (broad SMARTS) is 2. The molecule has 1 amide bonds. The number of aliphatic hydroxyl groups excluding tert-OH is 1. The van der Waals surface area contributed by atoms with Crippen molar-refractivity contribution in [1.29, 1.82) is 0 Å². The van der Waals surface area contributed by atoms with E-state index in [1.165, 1.54) is 30.0 Å². The normalized spacial score (nSPS) is 31.7. The van der Waals surface area contributed by atoms with Gasteiger partial charge in [0.15, 0.2) is 0 Å². The summed E-state index contributed by atoms with van der Waals surface area (Å²) in [6, 6.07) is 5.27. The summed E-state index contributed by atoms with van der Waals surface area (Å²) in [6.45, 7) is 3.94. The molecule has 4 N–H and O–H groups in total. The number of aliphatic hydroxyl groups is 1. The van der Waals surface area contributed by atoms with Gasteiger partial charge in [-0.2, -0.15) is 0 Å². The van der Waals surface area contributed by atoms with Gasteiger partial charge in [-0.25, -0.2) is 4.79 Å². The molecular formula is C23H25N2O7S-. The Bertz CT molecular complexity index is 1050. The van der Waals surface area contributed by atoms with Crippen molar-refractivity contribution >= 4 is 41.1 Å². The predicted octanol–water partition coefficient (Wildman–Crippen LogP) is 0.253. The number of rotatable bonds is 7. The van der Waals surface area contributed by atoms with Crippen molar-refractivity contribution in [2.24, 2.45) is 23.7 Å². The Hall–Kier alpha value is -2.69. The highest BCUT2D eigenvalue weighted by Gasteiger charge is 2.61. The minimum absolute atomic E-state index is 0.0383. The first kappa shape index (κ1) is 23.5. The second kappa shape index (κ2) is 8.92. The average molecular weight is 474 g/mol. The Morgan fingerprint density at radius 3 is 2.67 bits per heavy atom. The van der Waals surface area contributed by atoms with Crippen LogP contribution in [-0.4, -0.2) is 57.8 Å². The number of allylic oxidation sites excluding steroid dienone is 1. The lowest BCUT2D eigenvalue weighted by molar-refractivity contribution is -0.255. The highest BCUT2D eigenvalue weighted by molar-refractivity contribution is 8.03. The van der Waals surface area contributed by atoms with Gasteiger partial charge in [-0.1, -0.05) is 19.1 Å². The Morgan fingerprint density at radius 2 is 2.03 bits per heavy atom. The van der Waals surface area contributed by atoms with Crippen LogP contribution in [0.5, 0.6) is 0 Å². The number of anilines is 1. The summed E-state index contributed by atoms with van der Waals surface area (Å²) in [7, 11) is 0. The number of aromatic carboxylic acids is 1. The van der Waals surface area contributed by atoms with Crippen LogP contribution in [0.2, 0.25) is 0 Å². The van der Waals surface area contributed by atoms with Crippen molar-refractivity contribution in [3.63, 3.8) is 0 Å². The van der Waals surface area contributed by atoms with Crippen LogP contribution in [0.25, 0.3) is 0 Å². The lowest BCUT2D eigenvalue weighted by Gasteiger charge is -2.43. The summed E-state index contributed by atoms with van der Waals surface area (Å²) < 4.78 is 0. The Morgan fingerprint density at radius 1 is 1.30 bits per heavy atom. The van der Waals surface area contributed by atoms with Crippen molar-refractivity contribution in [1.82, 2.24) is 5.32 Å². The fourth-order valence-electron chi connectivity index (χ4n) is 5.28. The molecule has 33 heavy (non-hydrogen) atoms. The van der Waals surface area contributed by atoms with E-state index in [0.717, 1.165) is 0 Å². The third-order valence-corrected chi connectivity index (χ3v) is 8.36. The number of carbonyl (C=O) groups excluding carboxylic acids is 3. The number of thioether (sulfide) groups is 1. The van der Waals surface area contributed by atoms with Crippen LogP contribution < -0.4 is 15.7 Å². The SMILES string of the molecule is C[C@@H](O)[C@H]1C(=O)C2C(C(=O)O)=C(S[C@@H]3CN[C@H](C(=O)Nc4cccc(C(=O)[O-])c4)C3)[C@H](C)[C@@H]21. The van der Waals surface area contributed by atoms with Gasteiger partial charge >= 0.3 is 5.97 Å². The lowest BCUT2D eigenvalue weighted by atomic mass is 9.59. The zero-order valence-electron chi connectivity index (χ0n) is 18.1. The molecule has 2 fully saturated rings. The van der Waals surface area contributed by atoms with Gasteiger partial charge in [0.25, 0.3) is 0 Å². The van der Waals surface area contributed by atoms with E-state index in [1.807, 2.05) is 6.92 Å². The maximum absolute atomic E-state index is 12.7. The summed E-state index contributed by atoms with van der Waals surface area (Å²) in [5.41, 5.74) is 0.439. The average Bonchev–Trinajstić information content (AvgIpc) is 3.30. The zero-order chi connectivity index (χ0) is 24.0. The maximum Gasteiger partial charge on any atom is 0.333 e. The topological polar surface area (TPSA) is 156 Å². The van der Waals surface area contributed by atoms with E-state index in [2.05, 4.69) is 10.6 Å². The molecule has 0 spiro atoms. The molecular weight excluding hydrogens is 448 g/mol. The Kier molecular flexibility index (Phi) is 6.35. The molecule has 10 heteroatoms. The number of ketones is 1. The minimum atomic E-state index is -1.33. The molecule has 0 radical (unpaired) electrons. The van der Waals surface area contributed by atoms with Gasteiger partial charge in [0.05, 0.1) is 29.6 Å². The molecule has 1 saturated carbocycles.